The van der Waals surface area contributed by atoms with E-state index < -0.39 is 5.31 Å². The van der Waals surface area contributed by atoms with Gasteiger partial charge in [-0.25, -0.2) is 0 Å². The number of allylic oxidation sites excluding steroid dienone is 1. The first-order valence-corrected chi connectivity index (χ1v) is 18.2. The number of benzene rings is 4. The van der Waals surface area contributed by atoms with Crippen molar-refractivity contribution in [2.45, 2.75) is 38.8 Å². The van der Waals surface area contributed by atoms with Crippen molar-refractivity contribution in [3.8, 4) is 0 Å². The van der Waals surface area contributed by atoms with E-state index in [4.69, 9.17) is 4.74 Å². The van der Waals surface area contributed by atoms with Crippen LogP contribution in [0.15, 0.2) is 139 Å². The van der Waals surface area contributed by atoms with Gasteiger partial charge in [0.2, 0.25) is 0 Å². The molecular weight excluding hydrogens is 561 g/mol. The van der Waals surface area contributed by atoms with E-state index in [-0.39, 0.29) is 0 Å². The van der Waals surface area contributed by atoms with Crippen molar-refractivity contribution in [2.24, 2.45) is 0 Å². The molecule has 0 heterocycles. The molecular formula is C35H37BrNOP. The summed E-state index contributed by atoms with van der Waals surface area (Å²) in [6.45, 7) is 7.16. The van der Waals surface area contributed by atoms with E-state index in [0.717, 1.165) is 36.1 Å². The number of hydrogen-bond donors (Lipinski definition) is 1. The number of nitrogens with one attached hydrogen (secondary N) is 1. The summed E-state index contributed by atoms with van der Waals surface area (Å²) in [4.78, 5) is 0. The molecule has 0 amide bonds. The molecule has 0 bridgehead atoms. The zero-order valence-electron chi connectivity index (χ0n) is 22.7. The van der Waals surface area contributed by atoms with Crippen LogP contribution in [0, 0.1) is 0 Å². The van der Waals surface area contributed by atoms with E-state index >= 15 is 0 Å². The van der Waals surface area contributed by atoms with E-state index in [2.05, 4.69) is 150 Å². The molecule has 1 aliphatic rings. The van der Waals surface area contributed by atoms with Crippen molar-refractivity contribution < 1.29 is 4.74 Å². The Kier molecular flexibility index (Phi) is 8.40. The van der Waals surface area contributed by atoms with E-state index in [9.17, 15) is 0 Å². The molecule has 0 aliphatic heterocycles. The van der Waals surface area contributed by atoms with Gasteiger partial charge in [-0.1, -0.05) is 0 Å². The second-order valence-corrected chi connectivity index (χ2v) is 19.2. The van der Waals surface area contributed by atoms with Gasteiger partial charge < -0.3 is 0 Å². The third kappa shape index (κ3) is 5.49. The van der Waals surface area contributed by atoms with Gasteiger partial charge in [-0.3, -0.25) is 0 Å². The average molecular weight is 599 g/mol. The first kappa shape index (κ1) is 27.4. The summed E-state index contributed by atoms with van der Waals surface area (Å²) in [6, 6.07) is 41.5. The van der Waals surface area contributed by atoms with Crippen molar-refractivity contribution in [2.75, 3.05) is 11.9 Å². The van der Waals surface area contributed by atoms with Gasteiger partial charge in [0.15, 0.2) is 0 Å². The van der Waals surface area contributed by atoms with Crippen molar-refractivity contribution in [1.29, 1.82) is 0 Å². The van der Waals surface area contributed by atoms with Gasteiger partial charge in [0, 0.05) is 0 Å². The monoisotopic (exact) mass is 597 g/mol. The second-order valence-electron chi connectivity index (χ2n) is 10.2. The summed E-state index contributed by atoms with van der Waals surface area (Å²) >= 11 is 4.60. The number of rotatable bonds is 11. The first-order chi connectivity index (χ1) is 19.0. The summed E-state index contributed by atoms with van der Waals surface area (Å²) < 4.78 is 6.03. The minimum absolute atomic E-state index is 0.687. The number of hydrogen-bond acceptors (Lipinski definition) is 2. The molecule has 4 heteroatoms. The quantitative estimate of drug-likeness (QED) is 0.138. The second kappa shape index (κ2) is 11.9. The van der Waals surface area contributed by atoms with Crippen molar-refractivity contribution in [3.63, 3.8) is 0 Å². The Morgan fingerprint density at radius 2 is 1.26 bits per heavy atom. The summed E-state index contributed by atoms with van der Waals surface area (Å²) in [7, 11) is 0. The molecule has 1 fully saturated rings. The SMILES string of the molecule is C=C(CC(OCC)=C1CCC1)Nc1ccccc1CP(Br)(c1ccccc1)(c1ccccc1)c1ccccc1. The van der Waals surface area contributed by atoms with Crippen LogP contribution < -0.4 is 21.2 Å². The van der Waals surface area contributed by atoms with Crippen LogP contribution in [0.25, 0.3) is 0 Å². The molecule has 0 aromatic heterocycles. The molecule has 0 spiro atoms. The summed E-state index contributed by atoms with van der Waals surface area (Å²) in [6.07, 6.45) is 5.07. The summed E-state index contributed by atoms with van der Waals surface area (Å²) in [5, 5.41) is 4.49. The van der Waals surface area contributed by atoms with Crippen LogP contribution >= 0.6 is 20.8 Å². The zero-order valence-corrected chi connectivity index (χ0v) is 25.1. The number of anilines is 1. The fraction of sp³-hybridized carbons (Fsp3) is 0.200. The number of halogens is 1. The maximum absolute atomic E-state index is 6.03. The Morgan fingerprint density at radius 3 is 1.72 bits per heavy atom. The third-order valence-corrected chi connectivity index (χ3v) is 17.2. The Hall–Kier alpha value is -3.13. The standard InChI is InChI=1S/C35H37BrNOP/c1-3-38-35(29-17-15-18-29)26-28(2)37-34-25-14-13-16-30(34)27-39(36,31-19-7-4-8-20-31,32-21-9-5-10-22-32)33-23-11-6-12-24-33/h4-14,16,19-25,37H,2-3,15,17-18,26-27H2,1H3. The van der Waals surface area contributed by atoms with E-state index in [1.165, 1.54) is 33.5 Å². The Labute approximate surface area is 241 Å². The van der Waals surface area contributed by atoms with E-state index in [1.54, 1.807) is 0 Å². The molecule has 0 unspecified atom stereocenters. The predicted molar refractivity (Wildman–Crippen MR) is 174 cm³/mol. The molecule has 1 N–H and O–H groups in total. The van der Waals surface area contributed by atoms with Crippen LogP contribution in [0.5, 0.6) is 0 Å². The molecule has 5 rings (SSSR count). The molecule has 1 aliphatic carbocycles. The molecule has 4 aromatic carbocycles. The number of para-hydroxylation sites is 1. The normalized spacial score (nSPS) is 14.0. The van der Waals surface area contributed by atoms with Gasteiger partial charge in [0.25, 0.3) is 0 Å². The summed E-state index contributed by atoms with van der Waals surface area (Å²) in [5.41, 5.74) is 4.74. The Balaban J connectivity index is 1.60. The molecule has 200 valence electrons. The first-order valence-electron chi connectivity index (χ1n) is 13.8. The molecule has 0 radical (unpaired) electrons. The van der Waals surface area contributed by atoms with Gasteiger partial charge >= 0.3 is 242 Å². The van der Waals surface area contributed by atoms with Crippen LogP contribution in [-0.4, -0.2) is 6.61 Å². The van der Waals surface area contributed by atoms with Crippen molar-refractivity contribution in [3.05, 3.63) is 144 Å². The molecule has 39 heavy (non-hydrogen) atoms. The summed E-state index contributed by atoms with van der Waals surface area (Å²) in [5.74, 6) is 1.09. The van der Waals surface area contributed by atoms with Crippen LogP contribution in [-0.2, 0) is 10.9 Å². The average Bonchev–Trinajstić information content (AvgIpc) is 2.95. The topological polar surface area (TPSA) is 21.3 Å². The van der Waals surface area contributed by atoms with Crippen molar-refractivity contribution >= 4 is 42.4 Å². The van der Waals surface area contributed by atoms with Crippen LogP contribution in [0.4, 0.5) is 5.69 Å². The number of ether oxygens (including phenoxy) is 1. The van der Waals surface area contributed by atoms with E-state index in [1.807, 2.05) is 0 Å². The fourth-order valence-electron chi connectivity index (χ4n) is 5.55. The van der Waals surface area contributed by atoms with Gasteiger partial charge in [-0.2, -0.15) is 0 Å². The van der Waals surface area contributed by atoms with Gasteiger partial charge in [-0.15, -0.1) is 0 Å². The zero-order chi connectivity index (χ0) is 27.2. The van der Waals surface area contributed by atoms with Gasteiger partial charge in [0.1, 0.15) is 0 Å². The predicted octanol–water partition coefficient (Wildman–Crippen LogP) is 8.82. The van der Waals surface area contributed by atoms with E-state index in [0.29, 0.717) is 13.0 Å². The van der Waals surface area contributed by atoms with Crippen LogP contribution in [0.1, 0.15) is 38.2 Å². The maximum atomic E-state index is 6.03. The van der Waals surface area contributed by atoms with Crippen LogP contribution in [0.3, 0.4) is 0 Å². The Bertz CT molecular complexity index is 1340. The molecule has 0 saturated heterocycles. The van der Waals surface area contributed by atoms with Gasteiger partial charge in [-0.05, 0) is 0 Å². The fourth-order valence-corrected chi connectivity index (χ4v) is 13.2. The molecule has 0 atom stereocenters. The van der Waals surface area contributed by atoms with Crippen LogP contribution in [0.2, 0.25) is 0 Å². The minimum atomic E-state index is -3.12. The molecule has 4 aromatic rings. The van der Waals surface area contributed by atoms with Gasteiger partial charge in [0.05, 0.1) is 0 Å². The Morgan fingerprint density at radius 1 is 0.769 bits per heavy atom. The van der Waals surface area contributed by atoms with Crippen molar-refractivity contribution in [1.82, 2.24) is 0 Å². The molecule has 2 nitrogen and oxygen atoms in total. The molecule has 1 saturated carbocycles. The third-order valence-electron chi connectivity index (χ3n) is 7.72.